The van der Waals surface area contributed by atoms with Crippen LogP contribution in [-0.2, 0) is 54.3 Å². The Morgan fingerprint density at radius 3 is 1.81 bits per heavy atom. The molecule has 1 saturated heterocycles. The van der Waals surface area contributed by atoms with Gasteiger partial charge in [-0.05, 0) is 51.5 Å². The Labute approximate surface area is 462 Å². The van der Waals surface area contributed by atoms with E-state index in [0.717, 1.165) is 49.3 Å². The number of alkyl halides is 3. The highest BCUT2D eigenvalue weighted by Crippen LogP contribution is 2.21. The first-order valence-electron chi connectivity index (χ1n) is 25.4. The Balaban J connectivity index is 2.40. The number of carbonyl (C=O) groups excluding carboxylic acids is 12. The van der Waals surface area contributed by atoms with Gasteiger partial charge < -0.3 is 51.0 Å². The van der Waals surface area contributed by atoms with Crippen molar-refractivity contribution in [3.63, 3.8) is 0 Å². The van der Waals surface area contributed by atoms with E-state index >= 15 is 0 Å². The summed E-state index contributed by atoms with van der Waals surface area (Å²) >= 11 is 0. The van der Waals surface area contributed by atoms with Gasteiger partial charge in [0, 0.05) is 68.8 Å². The Morgan fingerprint density at radius 1 is 0.725 bits per heavy atom. The summed E-state index contributed by atoms with van der Waals surface area (Å²) in [7, 11) is 7.23. The average molecular weight is 1140 g/mol. The molecule has 0 saturated carbocycles. The number of hydrogen-bond acceptors (Lipinski definition) is 16. The van der Waals surface area contributed by atoms with Gasteiger partial charge in [-0.3, -0.25) is 58.0 Å². The van der Waals surface area contributed by atoms with E-state index < -0.39 is 139 Å². The second kappa shape index (κ2) is 30.9. The predicted octanol–water partition coefficient (Wildman–Crippen LogP) is -0.0683. The van der Waals surface area contributed by atoms with E-state index in [2.05, 4.69) is 10.6 Å². The molecule has 0 radical (unpaired) electrons. The summed E-state index contributed by atoms with van der Waals surface area (Å²) in [6.07, 6.45) is -6.00. The molecule has 448 valence electrons. The van der Waals surface area contributed by atoms with Crippen molar-refractivity contribution in [2.24, 2.45) is 11.7 Å². The predicted molar refractivity (Wildman–Crippen MR) is 278 cm³/mol. The molecular weight excluding hydrogens is 1070 g/mol. The summed E-state index contributed by atoms with van der Waals surface area (Å²) in [5.41, 5.74) is 5.90. The maximum atomic E-state index is 14.1. The van der Waals surface area contributed by atoms with Crippen LogP contribution in [0.25, 0.3) is 0 Å². The van der Waals surface area contributed by atoms with Crippen molar-refractivity contribution in [1.82, 2.24) is 55.1 Å². The lowest BCUT2D eigenvalue weighted by atomic mass is 9.98. The van der Waals surface area contributed by atoms with E-state index in [0.29, 0.717) is 28.2 Å². The topological polar surface area (TPSA) is 332 Å². The third kappa shape index (κ3) is 20.1. The van der Waals surface area contributed by atoms with Crippen molar-refractivity contribution < 1.29 is 85.3 Å². The summed E-state index contributed by atoms with van der Waals surface area (Å²) in [5.74, 6) is -7.81. The summed E-state index contributed by atoms with van der Waals surface area (Å²) in [5, 5.41) is 16.2. The number of ether oxygens (including phenoxy) is 2. The molecule has 1 aromatic rings. The maximum Gasteiger partial charge on any atom is 0.416 e. The molecule has 1 unspecified atom stereocenters. The van der Waals surface area contributed by atoms with Gasteiger partial charge in [-0.25, -0.2) is 24.1 Å². The number of urea groups is 4. The molecule has 16 amide bonds. The molecule has 0 bridgehead atoms. The number of carbonyl (C=O) groups is 12. The van der Waals surface area contributed by atoms with Gasteiger partial charge in [-0.15, -0.1) is 0 Å². The molecule has 1 aliphatic rings. The number of aliphatic hydroxyl groups excluding tert-OH is 1. The lowest BCUT2D eigenvalue weighted by molar-refractivity contribution is -0.217. The standard InChI is InChI=1S/C50H77F3N12O15/c1-13-30(2)37(42(72)58(6)25-36(68)60(8)34(41(71)59(7)29-66)24-31-20-16-14-17-21-31)56-46(76)62(10)40(70)33(27-79-28-35(67)50(51,52)53)55-45(75)64(12)48(78)63(11)43(73)38(44(74)65-22-18-15-19-23-65)57-47(77)61(9)39(69)32(54)26-80-49(3,4)5/h14,16-17,20-21,29-30,32-35,37-38,67H,13,15,18-19,22-28,54H2,1-12H3,(H,55,75)(H,56,76)(H,57,77)/t30-,32-,33-,34-,35?,37-,38-/m0/s1. The number of hydrogen-bond donors (Lipinski definition) is 5. The highest BCUT2D eigenvalue weighted by Gasteiger charge is 2.42. The minimum absolute atomic E-state index is 0.000124. The number of likely N-dealkylation sites (N-methyl/N-ethyl adjacent to an activating group) is 6. The van der Waals surface area contributed by atoms with Gasteiger partial charge in [0.25, 0.3) is 23.6 Å². The van der Waals surface area contributed by atoms with Crippen LogP contribution < -0.4 is 21.7 Å². The Hall–Kier alpha value is -7.31. The molecule has 6 N–H and O–H groups in total. The molecule has 2 rings (SSSR count). The van der Waals surface area contributed by atoms with Crippen LogP contribution in [0.3, 0.4) is 0 Å². The quantitative estimate of drug-likeness (QED) is 0.0708. The van der Waals surface area contributed by atoms with Gasteiger partial charge in [-0.1, -0.05) is 50.6 Å². The smallest absolute Gasteiger partial charge is 0.382 e. The van der Waals surface area contributed by atoms with Crippen molar-refractivity contribution in [3.8, 4) is 0 Å². The second-order valence-electron chi connectivity index (χ2n) is 20.2. The van der Waals surface area contributed by atoms with Gasteiger partial charge in [0.05, 0.1) is 32.0 Å². The number of rotatable bonds is 23. The van der Waals surface area contributed by atoms with Crippen molar-refractivity contribution in [2.45, 2.75) is 115 Å². The Bertz CT molecular complexity index is 2370. The zero-order valence-corrected chi connectivity index (χ0v) is 47.2. The van der Waals surface area contributed by atoms with Gasteiger partial charge in [0.1, 0.15) is 24.2 Å². The van der Waals surface area contributed by atoms with E-state index in [1.807, 2.05) is 5.32 Å². The van der Waals surface area contributed by atoms with E-state index in [-0.39, 0.29) is 48.7 Å². The fourth-order valence-corrected chi connectivity index (χ4v) is 7.48. The highest BCUT2D eigenvalue weighted by atomic mass is 19.4. The third-order valence-corrected chi connectivity index (χ3v) is 12.9. The number of amides is 16. The molecule has 0 aromatic heterocycles. The molecule has 0 spiro atoms. The van der Waals surface area contributed by atoms with Crippen LogP contribution in [0.2, 0.25) is 0 Å². The first-order valence-corrected chi connectivity index (χ1v) is 25.4. The van der Waals surface area contributed by atoms with E-state index in [1.165, 1.54) is 26.0 Å². The van der Waals surface area contributed by atoms with Crippen molar-refractivity contribution in [3.05, 3.63) is 35.9 Å². The minimum atomic E-state index is -5.20. The molecule has 0 aliphatic carbocycles. The van der Waals surface area contributed by atoms with Gasteiger partial charge in [-0.2, -0.15) is 13.2 Å². The molecule has 30 heteroatoms. The van der Waals surface area contributed by atoms with Gasteiger partial charge in [0.15, 0.2) is 12.1 Å². The molecule has 1 aliphatic heterocycles. The van der Waals surface area contributed by atoms with Crippen LogP contribution in [0.15, 0.2) is 30.3 Å². The molecule has 80 heavy (non-hydrogen) atoms. The number of nitrogens with one attached hydrogen (secondary N) is 3. The lowest BCUT2D eigenvalue weighted by Crippen LogP contribution is -2.62. The van der Waals surface area contributed by atoms with E-state index in [9.17, 15) is 75.8 Å². The van der Waals surface area contributed by atoms with Gasteiger partial charge >= 0.3 is 30.3 Å². The summed E-state index contributed by atoms with van der Waals surface area (Å²) in [6, 6.07) is -5.42. The molecule has 1 fully saturated rings. The molecule has 7 atom stereocenters. The van der Waals surface area contributed by atoms with Crippen molar-refractivity contribution in [2.75, 3.05) is 88.8 Å². The highest BCUT2D eigenvalue weighted by molar-refractivity contribution is 6.13. The van der Waals surface area contributed by atoms with Crippen LogP contribution in [0.1, 0.15) is 65.9 Å². The number of piperidine rings is 1. The Kier molecular flexibility index (Phi) is 26.6. The first kappa shape index (κ1) is 68.8. The number of halogens is 3. The average Bonchev–Trinajstić information content (AvgIpc) is 3.43. The van der Waals surface area contributed by atoms with Crippen LogP contribution in [-0.4, -0.2) is 253 Å². The number of aliphatic hydroxyl groups is 1. The fourth-order valence-electron chi connectivity index (χ4n) is 7.48. The molecule has 27 nitrogen and oxygen atoms in total. The monoisotopic (exact) mass is 1140 g/mol. The third-order valence-electron chi connectivity index (χ3n) is 12.9. The van der Waals surface area contributed by atoms with Crippen molar-refractivity contribution >= 4 is 71.9 Å². The Morgan fingerprint density at radius 2 is 1.27 bits per heavy atom. The molecule has 1 aromatic carbocycles. The fraction of sp³-hybridized carbons (Fsp3) is 0.640. The summed E-state index contributed by atoms with van der Waals surface area (Å²) < 4.78 is 50.2. The lowest BCUT2D eigenvalue weighted by Gasteiger charge is -2.33. The minimum Gasteiger partial charge on any atom is -0.382 e. The maximum absolute atomic E-state index is 14.1. The van der Waals surface area contributed by atoms with Crippen LogP contribution in [0, 0.1) is 5.92 Å². The van der Waals surface area contributed by atoms with Crippen LogP contribution >= 0.6 is 0 Å². The zero-order chi connectivity index (χ0) is 61.1. The van der Waals surface area contributed by atoms with Crippen molar-refractivity contribution in [1.29, 1.82) is 0 Å². The summed E-state index contributed by atoms with van der Waals surface area (Å²) in [4.78, 5) is 168. The number of benzene rings is 1. The normalized spacial score (nSPS) is 15.2. The van der Waals surface area contributed by atoms with Gasteiger partial charge in [0.2, 0.25) is 24.1 Å². The second-order valence-corrected chi connectivity index (χ2v) is 20.2. The SMILES string of the molecule is CC[C@H](C)[C@H](NC(=O)N(C)C(=O)[C@H](COCC(O)C(F)(F)F)NC(=O)N(C)C(=O)N(C)C(=O)[C@H](NC(=O)N(C)C(=O)[C@@H](N)COC(C)(C)C)C(=O)N1CCCCC1)C(=O)N(C)CC(=O)N(C)[C@@H](Cc1ccccc1)C(=O)N(C)C=O. The number of imide groups is 5. The largest absolute Gasteiger partial charge is 0.416 e. The van der Waals surface area contributed by atoms with Crippen LogP contribution in [0.4, 0.5) is 32.3 Å². The summed E-state index contributed by atoms with van der Waals surface area (Å²) in [6.45, 7) is 4.97. The van der Waals surface area contributed by atoms with E-state index in [4.69, 9.17) is 15.2 Å². The number of likely N-dealkylation sites (tertiary alicyclic amines) is 1. The molecule has 1 heterocycles. The zero-order valence-electron chi connectivity index (χ0n) is 47.2. The van der Waals surface area contributed by atoms with Crippen LogP contribution in [0.5, 0.6) is 0 Å². The first-order chi connectivity index (χ1) is 37.1. The van der Waals surface area contributed by atoms with E-state index in [1.54, 1.807) is 65.0 Å². The number of nitrogens with zero attached hydrogens (tertiary/aromatic N) is 8. The number of nitrogens with two attached hydrogens (primary N) is 1. The molecular formula is C50H77F3N12O15.